The van der Waals surface area contributed by atoms with Crippen LogP contribution in [0.5, 0.6) is 0 Å². The predicted octanol–water partition coefficient (Wildman–Crippen LogP) is 4.22. The van der Waals surface area contributed by atoms with E-state index in [1.807, 2.05) is 0 Å². The van der Waals surface area contributed by atoms with E-state index in [1.165, 1.54) is 18.2 Å². The van der Waals surface area contributed by atoms with Crippen molar-refractivity contribution in [2.75, 3.05) is 18.0 Å². The molecule has 0 spiro atoms. The lowest BCUT2D eigenvalue weighted by molar-refractivity contribution is -0.131. The average Bonchev–Trinajstić information content (AvgIpc) is 2.34. The first-order chi connectivity index (χ1) is 9.74. The molecule has 1 aromatic carbocycles. The quantitative estimate of drug-likeness (QED) is 0.798. The molecule has 0 saturated heterocycles. The van der Waals surface area contributed by atoms with Gasteiger partial charge in [-0.25, -0.2) is 4.79 Å². The molecule has 0 atom stereocenters. The highest BCUT2D eigenvalue weighted by molar-refractivity contribution is 6.33. The normalized spacial score (nSPS) is 11.9. The number of alkyl halides is 3. The van der Waals surface area contributed by atoms with E-state index >= 15 is 0 Å². The van der Waals surface area contributed by atoms with Crippen LogP contribution in [0.3, 0.4) is 0 Å². The van der Waals surface area contributed by atoms with Crippen molar-refractivity contribution in [1.29, 1.82) is 0 Å². The zero-order chi connectivity index (χ0) is 16.0. The zero-order valence-electron chi connectivity index (χ0n) is 11.3. The number of hydrogen-bond donors (Lipinski definition) is 1. The van der Waals surface area contributed by atoms with E-state index in [0.717, 1.165) is 11.0 Å². The van der Waals surface area contributed by atoms with Gasteiger partial charge in [-0.15, -0.1) is 0 Å². The molecule has 0 fully saturated rings. The number of carboxylic acid groups (broad SMARTS) is 1. The number of halogens is 4. The summed E-state index contributed by atoms with van der Waals surface area (Å²) >= 11 is 6.01. The first-order valence-electron chi connectivity index (χ1n) is 6.26. The summed E-state index contributed by atoms with van der Waals surface area (Å²) in [5.74, 6) is -1.18. The largest absolute Gasteiger partial charge is 0.478 e. The number of carbonyl (C=O) groups is 1. The number of hydrogen-bond acceptors (Lipinski definition) is 2. The van der Waals surface area contributed by atoms with E-state index in [2.05, 4.69) is 0 Å². The molecule has 0 saturated carbocycles. The molecule has 0 aliphatic carbocycles. The van der Waals surface area contributed by atoms with E-state index in [0.29, 0.717) is 12.0 Å². The molecule has 1 N–H and O–H groups in total. The van der Waals surface area contributed by atoms with Gasteiger partial charge in [0.05, 0.1) is 10.7 Å². The Bertz CT molecular complexity index is 529. The van der Waals surface area contributed by atoms with Crippen LogP contribution in [-0.4, -0.2) is 30.3 Å². The highest BCUT2D eigenvalue weighted by atomic mass is 35.5. The zero-order valence-corrected chi connectivity index (χ0v) is 12.1. The second-order valence-electron chi connectivity index (χ2n) is 4.39. The first-order valence-corrected chi connectivity index (χ1v) is 6.63. The van der Waals surface area contributed by atoms with Crippen LogP contribution in [0.15, 0.2) is 24.3 Å². The van der Waals surface area contributed by atoms with Crippen molar-refractivity contribution >= 4 is 29.3 Å². The predicted molar refractivity (Wildman–Crippen MR) is 76.7 cm³/mol. The van der Waals surface area contributed by atoms with Crippen molar-refractivity contribution in [1.82, 2.24) is 0 Å². The maximum atomic E-state index is 12.7. The number of carboxylic acids is 1. The van der Waals surface area contributed by atoms with Gasteiger partial charge in [0.25, 0.3) is 0 Å². The second-order valence-corrected chi connectivity index (χ2v) is 4.79. The number of nitrogens with zero attached hydrogens (tertiary/aromatic N) is 1. The van der Waals surface area contributed by atoms with Gasteiger partial charge in [-0.3, -0.25) is 0 Å². The topological polar surface area (TPSA) is 40.5 Å². The molecule has 0 aromatic heterocycles. The molecule has 0 aliphatic rings. The fraction of sp³-hybridized carbons (Fsp3) is 0.357. The lowest BCUT2D eigenvalue weighted by Crippen LogP contribution is -2.35. The van der Waals surface area contributed by atoms with E-state index in [-0.39, 0.29) is 17.3 Å². The van der Waals surface area contributed by atoms with Gasteiger partial charge >= 0.3 is 12.1 Å². The lowest BCUT2D eigenvalue weighted by atomic mass is 10.1. The highest BCUT2D eigenvalue weighted by Crippen LogP contribution is 2.33. The van der Waals surface area contributed by atoms with Crippen LogP contribution < -0.4 is 4.90 Å². The summed E-state index contributed by atoms with van der Waals surface area (Å²) in [4.78, 5) is 11.7. The highest BCUT2D eigenvalue weighted by Gasteiger charge is 2.31. The van der Waals surface area contributed by atoms with Crippen LogP contribution in [0, 0.1) is 0 Å². The maximum absolute atomic E-state index is 12.7. The molecular weight excluding hydrogens is 307 g/mol. The summed E-state index contributed by atoms with van der Waals surface area (Å²) in [6.45, 7) is 0.780. The lowest BCUT2D eigenvalue weighted by Gasteiger charge is -2.28. The van der Waals surface area contributed by atoms with Gasteiger partial charge in [-0.1, -0.05) is 30.7 Å². The van der Waals surface area contributed by atoms with Crippen LogP contribution in [0.4, 0.5) is 18.9 Å². The SMILES string of the molecule is CCCN(CC(F)(F)F)c1c(Cl)cccc1/C=C/C(=O)O. The van der Waals surface area contributed by atoms with Gasteiger partial charge in [0.1, 0.15) is 6.54 Å². The minimum absolute atomic E-state index is 0.153. The third-order valence-corrected chi connectivity index (χ3v) is 2.91. The van der Waals surface area contributed by atoms with Gasteiger partial charge in [0.15, 0.2) is 0 Å². The summed E-state index contributed by atoms with van der Waals surface area (Å²) in [6.07, 6.45) is -1.76. The van der Waals surface area contributed by atoms with E-state index in [1.54, 1.807) is 13.0 Å². The van der Waals surface area contributed by atoms with Crippen molar-refractivity contribution in [3.63, 3.8) is 0 Å². The monoisotopic (exact) mass is 321 g/mol. The Morgan fingerprint density at radius 3 is 2.62 bits per heavy atom. The molecule has 7 heteroatoms. The fourth-order valence-electron chi connectivity index (χ4n) is 1.92. The van der Waals surface area contributed by atoms with Crippen LogP contribution in [0.25, 0.3) is 6.08 Å². The molecule has 1 aromatic rings. The molecular formula is C14H15ClF3NO2. The number of benzene rings is 1. The van der Waals surface area contributed by atoms with Crippen LogP contribution in [-0.2, 0) is 4.79 Å². The Kier molecular flexibility index (Phi) is 6.08. The molecule has 0 amide bonds. The fourth-order valence-corrected chi connectivity index (χ4v) is 2.22. The molecule has 21 heavy (non-hydrogen) atoms. The number of para-hydroxylation sites is 1. The van der Waals surface area contributed by atoms with Gasteiger partial charge in [0.2, 0.25) is 0 Å². The van der Waals surface area contributed by atoms with Crippen LogP contribution in [0.1, 0.15) is 18.9 Å². The summed E-state index contributed by atoms with van der Waals surface area (Å²) in [5.41, 5.74) is 0.526. The summed E-state index contributed by atoms with van der Waals surface area (Å²) in [6, 6.07) is 4.57. The average molecular weight is 322 g/mol. The Balaban J connectivity index is 3.25. The van der Waals surface area contributed by atoms with Crippen molar-refractivity contribution in [2.45, 2.75) is 19.5 Å². The molecule has 0 aliphatic heterocycles. The molecule has 3 nitrogen and oxygen atoms in total. The molecule has 0 heterocycles. The number of anilines is 1. The van der Waals surface area contributed by atoms with Crippen molar-refractivity contribution in [2.24, 2.45) is 0 Å². The third-order valence-electron chi connectivity index (χ3n) is 2.60. The van der Waals surface area contributed by atoms with Crippen molar-refractivity contribution in [3.05, 3.63) is 34.9 Å². The Morgan fingerprint density at radius 2 is 2.10 bits per heavy atom. The molecule has 0 unspecified atom stereocenters. The Labute approximate surface area is 125 Å². The van der Waals surface area contributed by atoms with E-state index in [4.69, 9.17) is 16.7 Å². The van der Waals surface area contributed by atoms with Crippen molar-refractivity contribution < 1.29 is 23.1 Å². The van der Waals surface area contributed by atoms with E-state index in [9.17, 15) is 18.0 Å². The standard InChI is InChI=1S/C14H15ClF3NO2/c1-2-8-19(9-14(16,17)18)13-10(6-7-12(20)21)4-3-5-11(13)15/h3-7H,2,8-9H2,1H3,(H,20,21)/b7-6+. The molecule has 0 radical (unpaired) electrons. The summed E-state index contributed by atoms with van der Waals surface area (Å²) < 4.78 is 38.1. The van der Waals surface area contributed by atoms with Gasteiger partial charge < -0.3 is 10.0 Å². The summed E-state index contributed by atoms with van der Waals surface area (Å²) in [5, 5.41) is 8.80. The van der Waals surface area contributed by atoms with Gasteiger partial charge in [-0.05, 0) is 24.1 Å². The number of rotatable bonds is 6. The molecule has 0 bridgehead atoms. The minimum atomic E-state index is -4.37. The molecule has 116 valence electrons. The first kappa shape index (κ1) is 17.4. The summed E-state index contributed by atoms with van der Waals surface area (Å²) in [7, 11) is 0. The third kappa shape index (κ3) is 5.67. The maximum Gasteiger partial charge on any atom is 0.405 e. The number of aliphatic carboxylic acids is 1. The van der Waals surface area contributed by atoms with Gasteiger partial charge in [0, 0.05) is 12.6 Å². The smallest absolute Gasteiger partial charge is 0.405 e. The second kappa shape index (κ2) is 7.36. The van der Waals surface area contributed by atoms with Crippen LogP contribution >= 0.6 is 11.6 Å². The minimum Gasteiger partial charge on any atom is -0.478 e. The molecule has 1 rings (SSSR count). The Hall–Kier alpha value is -1.69. The van der Waals surface area contributed by atoms with Crippen molar-refractivity contribution in [3.8, 4) is 0 Å². The van der Waals surface area contributed by atoms with Crippen LogP contribution in [0.2, 0.25) is 5.02 Å². The van der Waals surface area contributed by atoms with Gasteiger partial charge in [-0.2, -0.15) is 13.2 Å². The Morgan fingerprint density at radius 1 is 1.43 bits per heavy atom. The van der Waals surface area contributed by atoms with E-state index < -0.39 is 18.7 Å².